The normalized spacial score (nSPS) is 22.5. The third kappa shape index (κ3) is 9.68. The predicted octanol–water partition coefficient (Wildman–Crippen LogP) is 3.46. The number of hydrogen-bond donors (Lipinski definition) is 3. The maximum absolute atomic E-state index is 14.3. The van der Waals surface area contributed by atoms with Crippen molar-refractivity contribution in [3.8, 4) is 5.75 Å². The second-order valence-electron chi connectivity index (χ2n) is 15.1. The van der Waals surface area contributed by atoms with E-state index in [1.54, 1.807) is 55.1 Å². The van der Waals surface area contributed by atoms with Crippen LogP contribution in [0, 0.1) is 0 Å². The van der Waals surface area contributed by atoms with E-state index >= 15 is 0 Å². The van der Waals surface area contributed by atoms with Gasteiger partial charge >= 0.3 is 0 Å². The molecule has 1 aliphatic carbocycles. The lowest BCUT2D eigenvalue weighted by Gasteiger charge is -2.34. The number of rotatable bonds is 6. The molecule has 3 aromatic carbocycles. The fourth-order valence-corrected chi connectivity index (χ4v) is 7.88. The average molecular weight is 767 g/mol. The first-order valence-electron chi connectivity index (χ1n) is 19.7. The van der Waals surface area contributed by atoms with Crippen molar-refractivity contribution in [2.24, 2.45) is 0 Å². The van der Waals surface area contributed by atoms with E-state index in [1.807, 2.05) is 54.6 Å². The molecular weight excluding hydrogens is 713 g/mol. The van der Waals surface area contributed by atoms with Gasteiger partial charge in [0.2, 0.25) is 23.6 Å². The van der Waals surface area contributed by atoms with Crippen LogP contribution in [0.1, 0.15) is 66.9 Å². The molecule has 2 heterocycles. The fourth-order valence-electron chi connectivity index (χ4n) is 7.88. The van der Waals surface area contributed by atoms with Gasteiger partial charge in [-0.15, -0.1) is 0 Å². The van der Waals surface area contributed by atoms with Crippen LogP contribution in [0.3, 0.4) is 0 Å². The SMILES string of the molecule is C[C@@H]1NC(=O)C2(CCCC2)NC(=O)CC[C@@H](C(=O)N(C)Cc2ccccc2N2CCOCC2)NC(=O)c2ccccc2OC[C@H](Cc2ccccc2)N(C)C1=O. The smallest absolute Gasteiger partial charge is 0.255 e. The van der Waals surface area contributed by atoms with Gasteiger partial charge in [0, 0.05) is 45.8 Å². The van der Waals surface area contributed by atoms with Crippen molar-refractivity contribution in [2.75, 3.05) is 51.9 Å². The Kier molecular flexibility index (Phi) is 13.3. The molecule has 6 rings (SSSR count). The number of morpholine rings is 1. The molecule has 5 amide bonds. The number of carbonyl (C=O) groups is 5. The van der Waals surface area contributed by atoms with Gasteiger partial charge in [-0.05, 0) is 61.9 Å². The molecule has 0 unspecified atom stereocenters. The Hall–Kier alpha value is -5.43. The van der Waals surface area contributed by atoms with Crippen LogP contribution in [-0.4, -0.2) is 110 Å². The Labute approximate surface area is 329 Å². The number of anilines is 1. The van der Waals surface area contributed by atoms with Gasteiger partial charge in [-0.1, -0.05) is 73.5 Å². The van der Waals surface area contributed by atoms with Crippen molar-refractivity contribution in [3.05, 3.63) is 95.6 Å². The summed E-state index contributed by atoms with van der Waals surface area (Å²) in [6.45, 7) is 4.69. The van der Waals surface area contributed by atoms with Crippen molar-refractivity contribution in [1.29, 1.82) is 0 Å². The van der Waals surface area contributed by atoms with E-state index in [-0.39, 0.29) is 49.1 Å². The second-order valence-corrected chi connectivity index (χ2v) is 15.1. The summed E-state index contributed by atoms with van der Waals surface area (Å²) in [7, 11) is 3.37. The van der Waals surface area contributed by atoms with Gasteiger partial charge in [-0.3, -0.25) is 24.0 Å². The highest BCUT2D eigenvalue weighted by Crippen LogP contribution is 2.31. The van der Waals surface area contributed by atoms with Crippen molar-refractivity contribution < 1.29 is 33.4 Å². The summed E-state index contributed by atoms with van der Waals surface area (Å²) in [4.78, 5) is 75.3. The average Bonchev–Trinajstić information content (AvgIpc) is 3.70. The van der Waals surface area contributed by atoms with Crippen LogP contribution >= 0.6 is 0 Å². The lowest BCUT2D eigenvalue weighted by atomic mass is 9.95. The minimum Gasteiger partial charge on any atom is -0.491 e. The maximum Gasteiger partial charge on any atom is 0.255 e. The van der Waals surface area contributed by atoms with Crippen LogP contribution in [0.15, 0.2) is 78.9 Å². The van der Waals surface area contributed by atoms with Crippen LogP contribution in [0.2, 0.25) is 0 Å². The molecule has 3 aliphatic rings. The number of ether oxygens (including phenoxy) is 2. The van der Waals surface area contributed by atoms with E-state index in [2.05, 4.69) is 20.9 Å². The molecule has 298 valence electrons. The Balaban J connectivity index is 1.30. The number of benzene rings is 3. The maximum atomic E-state index is 14.3. The van der Waals surface area contributed by atoms with Crippen molar-refractivity contribution in [3.63, 3.8) is 0 Å². The molecule has 1 saturated carbocycles. The third-order valence-electron chi connectivity index (χ3n) is 11.2. The summed E-state index contributed by atoms with van der Waals surface area (Å²) >= 11 is 0. The molecule has 0 aromatic heterocycles. The van der Waals surface area contributed by atoms with E-state index in [0.717, 1.165) is 42.7 Å². The van der Waals surface area contributed by atoms with E-state index in [9.17, 15) is 24.0 Å². The minimum absolute atomic E-state index is 0.00852. The highest BCUT2D eigenvalue weighted by molar-refractivity contribution is 6.00. The van der Waals surface area contributed by atoms with Gasteiger partial charge in [0.1, 0.15) is 30.0 Å². The molecule has 56 heavy (non-hydrogen) atoms. The molecule has 0 bridgehead atoms. The molecule has 1 spiro atoms. The monoisotopic (exact) mass is 766 g/mol. The zero-order valence-electron chi connectivity index (χ0n) is 32.6. The molecule has 2 aliphatic heterocycles. The highest BCUT2D eigenvalue weighted by Gasteiger charge is 2.44. The van der Waals surface area contributed by atoms with Gasteiger partial charge in [0.25, 0.3) is 5.91 Å². The number of fused-ring (bicyclic) bond motifs is 1. The van der Waals surface area contributed by atoms with Crippen LogP contribution < -0.4 is 25.6 Å². The zero-order valence-corrected chi connectivity index (χ0v) is 32.6. The summed E-state index contributed by atoms with van der Waals surface area (Å²) in [5.74, 6) is -1.76. The van der Waals surface area contributed by atoms with Crippen LogP contribution in [0.5, 0.6) is 5.75 Å². The first kappa shape index (κ1) is 40.2. The number of para-hydroxylation sites is 2. The molecule has 3 aromatic rings. The number of hydrogen-bond acceptors (Lipinski definition) is 8. The summed E-state index contributed by atoms with van der Waals surface area (Å²) < 4.78 is 11.9. The second kappa shape index (κ2) is 18.5. The Bertz CT molecular complexity index is 1860. The van der Waals surface area contributed by atoms with E-state index in [0.29, 0.717) is 32.5 Å². The fraction of sp³-hybridized carbons (Fsp3) is 0.465. The number of nitrogens with zero attached hydrogens (tertiary/aromatic N) is 3. The number of amides is 5. The van der Waals surface area contributed by atoms with Gasteiger partial charge in [0.05, 0.1) is 24.8 Å². The number of nitrogens with one attached hydrogen (secondary N) is 3. The van der Waals surface area contributed by atoms with E-state index in [4.69, 9.17) is 9.47 Å². The molecular formula is C43H54N6O7. The number of likely N-dealkylation sites (N-methyl/N-ethyl adjacent to an activating group) is 2. The highest BCUT2D eigenvalue weighted by atomic mass is 16.5. The van der Waals surface area contributed by atoms with Crippen molar-refractivity contribution in [1.82, 2.24) is 25.8 Å². The Morgan fingerprint density at radius 3 is 2.32 bits per heavy atom. The van der Waals surface area contributed by atoms with Crippen LogP contribution in [0.25, 0.3) is 0 Å². The quantitative estimate of drug-likeness (QED) is 0.346. The number of carbonyl (C=O) groups excluding carboxylic acids is 5. The van der Waals surface area contributed by atoms with Crippen LogP contribution in [0.4, 0.5) is 5.69 Å². The summed E-state index contributed by atoms with van der Waals surface area (Å²) in [6.07, 6.45) is 2.64. The van der Waals surface area contributed by atoms with Gasteiger partial charge < -0.3 is 40.1 Å². The topological polar surface area (TPSA) is 150 Å². The molecule has 3 N–H and O–H groups in total. The standard InChI is InChI=1S/C43H54N6O7/c1-30-40(52)48(3)33(27-31-13-5-4-6-14-31)29-56-37-18-10-8-16-34(37)39(51)45-35(19-20-38(50)46-43(42(54)44-30)21-11-12-22-43)41(53)47(2)28-32-15-7-9-17-36(32)49-23-25-55-26-24-49/h4-10,13-18,30,33,35H,11-12,19-29H2,1-3H3,(H,44,54)(H,45,51)(H,46,50)/t30-,33-,35-/m0/s1. The summed E-state index contributed by atoms with van der Waals surface area (Å²) in [5, 5.41) is 8.81. The minimum atomic E-state index is -1.19. The molecule has 13 nitrogen and oxygen atoms in total. The van der Waals surface area contributed by atoms with Gasteiger partial charge in [-0.2, -0.15) is 0 Å². The van der Waals surface area contributed by atoms with E-state index < -0.39 is 41.4 Å². The third-order valence-corrected chi connectivity index (χ3v) is 11.2. The molecule has 3 atom stereocenters. The van der Waals surface area contributed by atoms with Crippen LogP contribution in [-0.2, 0) is 36.9 Å². The summed E-state index contributed by atoms with van der Waals surface area (Å²) in [6, 6.07) is 22.0. The lowest BCUT2D eigenvalue weighted by molar-refractivity contribution is -0.139. The molecule has 1 saturated heterocycles. The molecule has 0 radical (unpaired) electrons. The van der Waals surface area contributed by atoms with E-state index in [1.165, 1.54) is 0 Å². The first-order chi connectivity index (χ1) is 27.0. The largest absolute Gasteiger partial charge is 0.491 e. The summed E-state index contributed by atoms with van der Waals surface area (Å²) in [5.41, 5.74) is 1.97. The lowest BCUT2D eigenvalue weighted by Crippen LogP contribution is -2.61. The molecule has 13 heteroatoms. The van der Waals surface area contributed by atoms with Gasteiger partial charge in [0.15, 0.2) is 0 Å². The Morgan fingerprint density at radius 1 is 0.893 bits per heavy atom. The van der Waals surface area contributed by atoms with Crippen molar-refractivity contribution >= 4 is 35.2 Å². The van der Waals surface area contributed by atoms with Gasteiger partial charge in [-0.25, -0.2) is 0 Å². The first-order valence-corrected chi connectivity index (χ1v) is 19.7. The Morgan fingerprint density at radius 2 is 1.57 bits per heavy atom. The predicted molar refractivity (Wildman–Crippen MR) is 212 cm³/mol. The molecule has 2 fully saturated rings. The zero-order chi connectivity index (χ0) is 39.7. The van der Waals surface area contributed by atoms with Crippen molar-refractivity contribution in [2.45, 2.75) is 82.1 Å².